The van der Waals surface area contributed by atoms with Crippen LogP contribution in [-0.4, -0.2) is 75.6 Å². The number of aromatic nitrogens is 3. The molecule has 1 aliphatic heterocycles. The molecule has 0 unspecified atom stereocenters. The molecule has 3 aromatic rings. The lowest BCUT2D eigenvalue weighted by Gasteiger charge is -2.27. The molecule has 3 heterocycles. The first-order valence-corrected chi connectivity index (χ1v) is 9.92. The van der Waals surface area contributed by atoms with Crippen molar-refractivity contribution in [3.05, 3.63) is 42.9 Å². The fraction of sp³-hybridized carbons (Fsp3) is 0.429. The van der Waals surface area contributed by atoms with Crippen molar-refractivity contribution >= 4 is 28.2 Å². The molecule has 2 atom stereocenters. The lowest BCUT2D eigenvalue weighted by Crippen LogP contribution is -2.38. The van der Waals surface area contributed by atoms with E-state index in [0.717, 1.165) is 35.4 Å². The molecule has 154 valence electrons. The second kappa shape index (κ2) is 8.36. The highest BCUT2D eigenvalue weighted by Gasteiger charge is 2.32. The Balaban J connectivity index is 1.54. The van der Waals surface area contributed by atoms with Gasteiger partial charge in [0.25, 0.3) is 0 Å². The molecule has 8 heteroatoms. The van der Waals surface area contributed by atoms with Crippen LogP contribution in [0, 0.1) is 0 Å². The number of aliphatic hydroxyl groups excluding tert-OH is 2. The van der Waals surface area contributed by atoms with Crippen LogP contribution in [0.25, 0.3) is 10.9 Å². The van der Waals surface area contributed by atoms with Crippen LogP contribution < -0.4 is 10.2 Å². The highest BCUT2D eigenvalue weighted by molar-refractivity contribution is 5.84. The molecule has 8 nitrogen and oxygen atoms in total. The lowest BCUT2D eigenvalue weighted by molar-refractivity contribution is 0.191. The summed E-state index contributed by atoms with van der Waals surface area (Å²) in [6.07, 6.45) is 3.95. The van der Waals surface area contributed by atoms with Crippen molar-refractivity contribution in [2.24, 2.45) is 0 Å². The molecule has 0 aliphatic carbocycles. The predicted molar refractivity (Wildman–Crippen MR) is 115 cm³/mol. The molecule has 1 saturated heterocycles. The number of hydrogen-bond donors (Lipinski definition) is 3. The molecule has 2 aromatic heterocycles. The van der Waals surface area contributed by atoms with Gasteiger partial charge in [-0.05, 0) is 44.8 Å². The summed E-state index contributed by atoms with van der Waals surface area (Å²) in [6, 6.07) is 10.3. The first-order chi connectivity index (χ1) is 14.0. The molecule has 3 N–H and O–H groups in total. The minimum Gasteiger partial charge on any atom is -0.395 e. The van der Waals surface area contributed by atoms with E-state index in [9.17, 15) is 10.2 Å². The van der Waals surface area contributed by atoms with Gasteiger partial charge in [-0.15, -0.1) is 0 Å². The van der Waals surface area contributed by atoms with E-state index in [1.165, 1.54) is 0 Å². The van der Waals surface area contributed by atoms with Crippen LogP contribution in [-0.2, 0) is 6.54 Å². The van der Waals surface area contributed by atoms with E-state index < -0.39 is 0 Å². The van der Waals surface area contributed by atoms with Gasteiger partial charge in [-0.3, -0.25) is 0 Å². The topological polar surface area (TPSA) is 89.7 Å². The Labute approximate surface area is 170 Å². The summed E-state index contributed by atoms with van der Waals surface area (Å²) in [5.74, 6) is 1.54. The third-order valence-corrected chi connectivity index (χ3v) is 5.30. The van der Waals surface area contributed by atoms with Gasteiger partial charge >= 0.3 is 0 Å². The van der Waals surface area contributed by atoms with Crippen molar-refractivity contribution in [2.45, 2.75) is 25.1 Å². The number of anilines is 3. The maximum Gasteiger partial charge on any atom is 0.135 e. The molecule has 1 aromatic carbocycles. The molecule has 1 fully saturated rings. The Kier molecular flexibility index (Phi) is 5.66. The van der Waals surface area contributed by atoms with Gasteiger partial charge in [-0.1, -0.05) is 0 Å². The van der Waals surface area contributed by atoms with E-state index in [1.54, 1.807) is 6.33 Å². The number of benzene rings is 1. The Morgan fingerprint density at radius 2 is 2.07 bits per heavy atom. The second-order valence-corrected chi connectivity index (χ2v) is 7.85. The van der Waals surface area contributed by atoms with Crippen molar-refractivity contribution in [2.75, 3.05) is 44.0 Å². The Bertz CT molecular complexity index is 973. The molecule has 0 amide bonds. The molecule has 0 bridgehead atoms. The van der Waals surface area contributed by atoms with Crippen LogP contribution >= 0.6 is 0 Å². The first kappa shape index (κ1) is 19.6. The summed E-state index contributed by atoms with van der Waals surface area (Å²) in [6.45, 7) is 2.15. The smallest absolute Gasteiger partial charge is 0.135 e. The summed E-state index contributed by atoms with van der Waals surface area (Å²) in [7, 11) is 4.08. The van der Waals surface area contributed by atoms with Gasteiger partial charge in [-0.25, -0.2) is 9.97 Å². The summed E-state index contributed by atoms with van der Waals surface area (Å²) in [4.78, 5) is 13.1. The quantitative estimate of drug-likeness (QED) is 0.560. The number of nitrogens with zero attached hydrogens (tertiary/aromatic N) is 5. The van der Waals surface area contributed by atoms with E-state index >= 15 is 0 Å². The molecule has 0 spiro atoms. The van der Waals surface area contributed by atoms with Gasteiger partial charge in [0.2, 0.25) is 0 Å². The van der Waals surface area contributed by atoms with Crippen molar-refractivity contribution in [1.29, 1.82) is 0 Å². The van der Waals surface area contributed by atoms with Crippen LogP contribution in [0.1, 0.15) is 6.42 Å². The Morgan fingerprint density at radius 3 is 2.86 bits per heavy atom. The van der Waals surface area contributed by atoms with Gasteiger partial charge in [-0.2, -0.15) is 0 Å². The third kappa shape index (κ3) is 4.34. The van der Waals surface area contributed by atoms with Gasteiger partial charge in [0, 0.05) is 54.5 Å². The molecular formula is C21H28N6O2. The molecular weight excluding hydrogens is 368 g/mol. The minimum atomic E-state index is -0.336. The lowest BCUT2D eigenvalue weighted by atomic mass is 10.2. The zero-order valence-corrected chi connectivity index (χ0v) is 16.9. The fourth-order valence-corrected chi connectivity index (χ4v) is 4.07. The van der Waals surface area contributed by atoms with Crippen molar-refractivity contribution in [3.8, 4) is 0 Å². The third-order valence-electron chi connectivity index (χ3n) is 5.30. The van der Waals surface area contributed by atoms with E-state index in [-0.39, 0.29) is 18.8 Å². The van der Waals surface area contributed by atoms with Crippen molar-refractivity contribution < 1.29 is 10.2 Å². The SMILES string of the molecule is CN(C)C[C@H]1C[C@@H](O)CN1c1cc(Nc2ccc3c(ccn3CCO)c2)ncn1. The zero-order chi connectivity index (χ0) is 20.4. The van der Waals surface area contributed by atoms with E-state index in [4.69, 9.17) is 0 Å². The molecule has 4 rings (SSSR count). The summed E-state index contributed by atoms with van der Waals surface area (Å²) in [5, 5.41) is 23.8. The highest BCUT2D eigenvalue weighted by atomic mass is 16.3. The van der Waals surface area contributed by atoms with Crippen LogP contribution in [0.5, 0.6) is 0 Å². The summed E-state index contributed by atoms with van der Waals surface area (Å²) in [5.41, 5.74) is 2.03. The second-order valence-electron chi connectivity index (χ2n) is 7.85. The molecule has 0 radical (unpaired) electrons. The highest BCUT2D eigenvalue weighted by Crippen LogP contribution is 2.27. The van der Waals surface area contributed by atoms with Crippen molar-refractivity contribution in [3.63, 3.8) is 0 Å². The fourth-order valence-electron chi connectivity index (χ4n) is 4.07. The number of fused-ring (bicyclic) bond motifs is 1. The van der Waals surface area contributed by atoms with E-state index in [0.29, 0.717) is 18.9 Å². The first-order valence-electron chi connectivity index (χ1n) is 9.92. The largest absolute Gasteiger partial charge is 0.395 e. The monoisotopic (exact) mass is 396 g/mol. The Morgan fingerprint density at radius 1 is 1.21 bits per heavy atom. The molecule has 0 saturated carbocycles. The number of hydrogen-bond acceptors (Lipinski definition) is 7. The maximum absolute atomic E-state index is 10.2. The summed E-state index contributed by atoms with van der Waals surface area (Å²) >= 11 is 0. The van der Waals surface area contributed by atoms with E-state index in [2.05, 4.69) is 31.2 Å². The number of nitrogens with one attached hydrogen (secondary N) is 1. The van der Waals surface area contributed by atoms with Crippen LogP contribution in [0.4, 0.5) is 17.3 Å². The van der Waals surface area contributed by atoms with Gasteiger partial charge in [0.1, 0.15) is 18.0 Å². The number of likely N-dealkylation sites (N-methyl/N-ethyl adjacent to an activating group) is 1. The van der Waals surface area contributed by atoms with Crippen LogP contribution in [0.2, 0.25) is 0 Å². The average Bonchev–Trinajstić information content (AvgIpc) is 3.25. The standard InChI is InChI=1S/C21H28N6O2/c1-25(2)12-17-10-18(29)13-27(17)21-11-20(22-14-23-21)24-16-3-4-19-15(9-16)5-6-26(19)7-8-28/h3-6,9,11,14,17-18,28-29H,7-8,10,12-13H2,1-2H3,(H,22,23,24)/t17-,18-/m1/s1. The van der Waals surface area contributed by atoms with Gasteiger partial charge < -0.3 is 29.9 Å². The van der Waals surface area contributed by atoms with Gasteiger partial charge in [0.15, 0.2) is 0 Å². The van der Waals surface area contributed by atoms with E-state index in [1.807, 2.05) is 49.1 Å². The van der Waals surface area contributed by atoms with Crippen molar-refractivity contribution in [1.82, 2.24) is 19.4 Å². The average molecular weight is 396 g/mol. The zero-order valence-electron chi connectivity index (χ0n) is 16.9. The molecule has 29 heavy (non-hydrogen) atoms. The number of β-amino-alcohol motifs (C(OH)–C–C–N with tert-alkyl or cyclic N) is 1. The molecule has 1 aliphatic rings. The van der Waals surface area contributed by atoms with Crippen LogP contribution in [0.3, 0.4) is 0 Å². The predicted octanol–water partition coefficient (Wildman–Crippen LogP) is 1.67. The number of aliphatic hydroxyl groups is 2. The van der Waals surface area contributed by atoms with Gasteiger partial charge in [0.05, 0.1) is 12.7 Å². The van der Waals surface area contributed by atoms with Crippen LogP contribution in [0.15, 0.2) is 42.9 Å². The normalized spacial score (nSPS) is 19.4. The maximum atomic E-state index is 10.2. The minimum absolute atomic E-state index is 0.119. The Hall–Kier alpha value is -2.68. The summed E-state index contributed by atoms with van der Waals surface area (Å²) < 4.78 is 2.03. The number of rotatable bonds is 7.